The molecule has 0 aromatic heterocycles. The van der Waals surface area contributed by atoms with Crippen molar-refractivity contribution < 1.29 is 0 Å². The Balaban J connectivity index is 1.92. The van der Waals surface area contributed by atoms with Gasteiger partial charge in [-0.05, 0) is 18.5 Å². The SMILES string of the molecule is ClC1CCN(Cc2ccccc2)C1. The minimum atomic E-state index is 0.365. The van der Waals surface area contributed by atoms with E-state index in [0.717, 1.165) is 26.1 Å². The van der Waals surface area contributed by atoms with Gasteiger partial charge in [0.1, 0.15) is 0 Å². The lowest BCUT2D eigenvalue weighted by Gasteiger charge is -2.14. The summed E-state index contributed by atoms with van der Waals surface area (Å²) in [5, 5.41) is 0.365. The highest BCUT2D eigenvalue weighted by Gasteiger charge is 2.19. The van der Waals surface area contributed by atoms with Gasteiger partial charge in [0.15, 0.2) is 0 Å². The molecule has 0 bridgehead atoms. The monoisotopic (exact) mass is 195 g/mol. The molecule has 1 aromatic rings. The van der Waals surface area contributed by atoms with Crippen LogP contribution < -0.4 is 0 Å². The largest absolute Gasteiger partial charge is 0.298 e. The van der Waals surface area contributed by atoms with Gasteiger partial charge in [0, 0.05) is 18.5 Å². The molecular weight excluding hydrogens is 182 g/mol. The molecule has 0 saturated carbocycles. The molecule has 1 unspecified atom stereocenters. The zero-order valence-corrected chi connectivity index (χ0v) is 8.37. The lowest BCUT2D eigenvalue weighted by atomic mass is 10.2. The minimum Gasteiger partial charge on any atom is -0.298 e. The highest BCUT2D eigenvalue weighted by atomic mass is 35.5. The Morgan fingerprint density at radius 2 is 2.08 bits per heavy atom. The van der Waals surface area contributed by atoms with Gasteiger partial charge in [-0.2, -0.15) is 0 Å². The van der Waals surface area contributed by atoms with Gasteiger partial charge in [0.25, 0.3) is 0 Å². The van der Waals surface area contributed by atoms with Crippen LogP contribution in [0.5, 0.6) is 0 Å². The molecule has 70 valence electrons. The second-order valence-corrected chi connectivity index (χ2v) is 4.22. The van der Waals surface area contributed by atoms with Gasteiger partial charge < -0.3 is 0 Å². The van der Waals surface area contributed by atoms with Gasteiger partial charge in [0.2, 0.25) is 0 Å². The number of rotatable bonds is 2. The zero-order chi connectivity index (χ0) is 9.10. The van der Waals surface area contributed by atoms with E-state index in [2.05, 4.69) is 35.2 Å². The topological polar surface area (TPSA) is 3.24 Å². The van der Waals surface area contributed by atoms with E-state index in [-0.39, 0.29) is 0 Å². The Morgan fingerprint density at radius 1 is 1.31 bits per heavy atom. The molecule has 1 aliphatic rings. The molecule has 0 spiro atoms. The van der Waals surface area contributed by atoms with Gasteiger partial charge in [-0.25, -0.2) is 0 Å². The van der Waals surface area contributed by atoms with Crippen LogP contribution in [-0.2, 0) is 6.54 Å². The maximum Gasteiger partial charge on any atom is 0.0475 e. The van der Waals surface area contributed by atoms with Crippen molar-refractivity contribution in [2.45, 2.75) is 18.3 Å². The summed E-state index contributed by atoms with van der Waals surface area (Å²) in [5.41, 5.74) is 1.38. The molecule has 0 aliphatic carbocycles. The van der Waals surface area contributed by atoms with E-state index in [1.165, 1.54) is 5.56 Å². The van der Waals surface area contributed by atoms with Crippen LogP contribution in [0.15, 0.2) is 30.3 Å². The average Bonchev–Trinajstić information content (AvgIpc) is 2.53. The lowest BCUT2D eigenvalue weighted by Crippen LogP contribution is -2.19. The lowest BCUT2D eigenvalue weighted by molar-refractivity contribution is 0.332. The van der Waals surface area contributed by atoms with Crippen LogP contribution >= 0.6 is 11.6 Å². The van der Waals surface area contributed by atoms with Crippen LogP contribution in [-0.4, -0.2) is 23.4 Å². The molecule has 0 radical (unpaired) electrons. The first-order chi connectivity index (χ1) is 6.34. The van der Waals surface area contributed by atoms with Crippen molar-refractivity contribution in [3.63, 3.8) is 0 Å². The molecule has 0 amide bonds. The second-order valence-electron chi connectivity index (χ2n) is 3.61. The Bertz CT molecular complexity index is 260. The molecule has 1 nitrogen and oxygen atoms in total. The van der Waals surface area contributed by atoms with Crippen LogP contribution in [0.25, 0.3) is 0 Å². The molecule has 1 heterocycles. The fraction of sp³-hybridized carbons (Fsp3) is 0.455. The number of nitrogens with zero attached hydrogens (tertiary/aromatic N) is 1. The Labute approximate surface area is 84.3 Å². The summed E-state index contributed by atoms with van der Waals surface area (Å²) in [6.07, 6.45) is 1.13. The van der Waals surface area contributed by atoms with Crippen molar-refractivity contribution in [2.24, 2.45) is 0 Å². The van der Waals surface area contributed by atoms with Crippen molar-refractivity contribution >= 4 is 11.6 Å². The molecule has 1 saturated heterocycles. The molecule has 1 atom stereocenters. The third-order valence-corrected chi connectivity index (χ3v) is 2.82. The number of likely N-dealkylation sites (tertiary alicyclic amines) is 1. The van der Waals surface area contributed by atoms with E-state index in [1.807, 2.05) is 0 Å². The van der Waals surface area contributed by atoms with Crippen molar-refractivity contribution in [3.05, 3.63) is 35.9 Å². The molecule has 1 fully saturated rings. The normalized spacial score (nSPS) is 23.6. The fourth-order valence-electron chi connectivity index (χ4n) is 1.77. The van der Waals surface area contributed by atoms with E-state index in [0.29, 0.717) is 5.38 Å². The summed E-state index contributed by atoms with van der Waals surface area (Å²) in [5.74, 6) is 0. The third-order valence-electron chi connectivity index (χ3n) is 2.46. The second kappa shape index (κ2) is 4.12. The minimum absolute atomic E-state index is 0.365. The summed E-state index contributed by atoms with van der Waals surface area (Å²) < 4.78 is 0. The Kier molecular flexibility index (Phi) is 2.87. The smallest absolute Gasteiger partial charge is 0.0475 e. The molecule has 2 rings (SSSR count). The maximum atomic E-state index is 6.03. The standard InChI is InChI=1S/C11H14ClN/c12-11-6-7-13(9-11)8-10-4-2-1-3-5-10/h1-5,11H,6-9H2. The van der Waals surface area contributed by atoms with Gasteiger partial charge in [-0.15, -0.1) is 11.6 Å². The molecule has 2 heteroatoms. The Hall–Kier alpha value is -0.530. The summed E-state index contributed by atoms with van der Waals surface area (Å²) in [6.45, 7) is 3.23. The molecule has 0 N–H and O–H groups in total. The van der Waals surface area contributed by atoms with Gasteiger partial charge in [-0.1, -0.05) is 30.3 Å². The summed E-state index contributed by atoms with van der Waals surface area (Å²) in [6, 6.07) is 10.6. The van der Waals surface area contributed by atoms with Crippen LogP contribution in [0.3, 0.4) is 0 Å². The van der Waals surface area contributed by atoms with Crippen LogP contribution in [0.1, 0.15) is 12.0 Å². The molecule has 13 heavy (non-hydrogen) atoms. The first-order valence-electron chi connectivity index (χ1n) is 4.75. The fourth-order valence-corrected chi connectivity index (χ4v) is 2.06. The zero-order valence-electron chi connectivity index (χ0n) is 7.62. The number of benzene rings is 1. The van der Waals surface area contributed by atoms with E-state index < -0.39 is 0 Å². The van der Waals surface area contributed by atoms with Gasteiger partial charge >= 0.3 is 0 Å². The molecule has 1 aliphatic heterocycles. The molecule has 1 aromatic carbocycles. The number of hydrogen-bond donors (Lipinski definition) is 0. The van der Waals surface area contributed by atoms with Crippen LogP contribution in [0.2, 0.25) is 0 Å². The quantitative estimate of drug-likeness (QED) is 0.656. The number of alkyl halides is 1. The van der Waals surface area contributed by atoms with Crippen LogP contribution in [0, 0.1) is 0 Å². The van der Waals surface area contributed by atoms with Gasteiger partial charge in [0.05, 0.1) is 0 Å². The van der Waals surface area contributed by atoms with E-state index >= 15 is 0 Å². The molecular formula is C11H14ClN. The third kappa shape index (κ3) is 2.45. The van der Waals surface area contributed by atoms with E-state index in [1.54, 1.807) is 0 Å². The van der Waals surface area contributed by atoms with E-state index in [9.17, 15) is 0 Å². The Morgan fingerprint density at radius 3 is 2.69 bits per heavy atom. The van der Waals surface area contributed by atoms with Crippen molar-refractivity contribution in [1.29, 1.82) is 0 Å². The predicted octanol–water partition coefficient (Wildman–Crippen LogP) is 2.50. The average molecular weight is 196 g/mol. The number of hydrogen-bond acceptors (Lipinski definition) is 1. The number of halogens is 1. The van der Waals surface area contributed by atoms with Crippen LogP contribution in [0.4, 0.5) is 0 Å². The first kappa shape index (κ1) is 9.04. The highest BCUT2D eigenvalue weighted by Crippen LogP contribution is 2.16. The van der Waals surface area contributed by atoms with Gasteiger partial charge in [-0.3, -0.25) is 4.90 Å². The van der Waals surface area contributed by atoms with Crippen molar-refractivity contribution in [2.75, 3.05) is 13.1 Å². The van der Waals surface area contributed by atoms with E-state index in [4.69, 9.17) is 11.6 Å². The highest BCUT2D eigenvalue weighted by molar-refractivity contribution is 6.20. The summed E-state index contributed by atoms with van der Waals surface area (Å²) >= 11 is 6.03. The summed E-state index contributed by atoms with van der Waals surface area (Å²) in [4.78, 5) is 2.41. The first-order valence-corrected chi connectivity index (χ1v) is 5.18. The summed E-state index contributed by atoms with van der Waals surface area (Å²) in [7, 11) is 0. The van der Waals surface area contributed by atoms with Crippen molar-refractivity contribution in [1.82, 2.24) is 4.90 Å². The van der Waals surface area contributed by atoms with Crippen molar-refractivity contribution in [3.8, 4) is 0 Å². The maximum absolute atomic E-state index is 6.03. The predicted molar refractivity (Wildman–Crippen MR) is 56.0 cm³/mol.